The van der Waals surface area contributed by atoms with Gasteiger partial charge >= 0.3 is 0 Å². The zero-order chi connectivity index (χ0) is 9.71. The molecule has 2 atom stereocenters. The van der Waals surface area contributed by atoms with E-state index in [9.17, 15) is 0 Å². The van der Waals surface area contributed by atoms with Crippen LogP contribution in [0.1, 0.15) is 0 Å². The maximum Gasteiger partial charge on any atom is 0.0639 e. The maximum absolute atomic E-state index is 6.13. The molecule has 2 fully saturated rings. The molecule has 1 aromatic carbocycles. The smallest absolute Gasteiger partial charge is 0.0639 e. The number of hydrogen-bond acceptors (Lipinski definition) is 2. The lowest BCUT2D eigenvalue weighted by Gasteiger charge is -2.22. The van der Waals surface area contributed by atoms with Crippen molar-refractivity contribution in [3.63, 3.8) is 0 Å². The van der Waals surface area contributed by atoms with Gasteiger partial charge in [-0.05, 0) is 24.0 Å². The number of para-hydroxylation sites is 1. The Morgan fingerprint density at radius 3 is 2.50 bits per heavy atom. The Morgan fingerprint density at radius 1 is 1.21 bits per heavy atom. The van der Waals surface area contributed by atoms with E-state index in [4.69, 9.17) is 17.3 Å². The molecular formula is C11H13ClN2. The van der Waals surface area contributed by atoms with Crippen molar-refractivity contribution < 1.29 is 0 Å². The minimum atomic E-state index is 0.453. The van der Waals surface area contributed by atoms with E-state index in [1.54, 1.807) is 0 Å². The molecule has 0 spiro atoms. The first-order valence-electron chi connectivity index (χ1n) is 5.02. The molecule has 2 unspecified atom stereocenters. The number of piperidine rings is 1. The Kier molecular flexibility index (Phi) is 1.76. The Bertz CT molecular complexity index is 354. The van der Waals surface area contributed by atoms with Gasteiger partial charge in [0.15, 0.2) is 0 Å². The minimum Gasteiger partial charge on any atom is -0.370 e. The number of fused-ring (bicyclic) bond motifs is 1. The third-order valence-electron chi connectivity index (χ3n) is 3.45. The van der Waals surface area contributed by atoms with Gasteiger partial charge in [-0.15, -0.1) is 0 Å². The van der Waals surface area contributed by atoms with Gasteiger partial charge < -0.3 is 10.6 Å². The zero-order valence-corrected chi connectivity index (χ0v) is 8.61. The topological polar surface area (TPSA) is 29.3 Å². The molecule has 2 nitrogen and oxygen atoms in total. The van der Waals surface area contributed by atoms with Crippen molar-refractivity contribution >= 4 is 17.3 Å². The first kappa shape index (κ1) is 8.57. The van der Waals surface area contributed by atoms with Crippen LogP contribution < -0.4 is 10.6 Å². The number of anilines is 1. The predicted octanol–water partition coefficient (Wildman–Crippen LogP) is 1.73. The molecule has 74 valence electrons. The lowest BCUT2D eigenvalue weighted by atomic mass is 10.2. The quantitative estimate of drug-likeness (QED) is 0.762. The minimum absolute atomic E-state index is 0.453. The molecule has 2 aliphatic rings. The lowest BCUT2D eigenvalue weighted by Crippen LogP contribution is -2.28. The van der Waals surface area contributed by atoms with E-state index in [0.29, 0.717) is 17.9 Å². The number of nitrogens with zero attached hydrogens (tertiary/aromatic N) is 1. The number of hydrogen-bond donors (Lipinski definition) is 1. The van der Waals surface area contributed by atoms with Gasteiger partial charge in [0.25, 0.3) is 0 Å². The van der Waals surface area contributed by atoms with Gasteiger partial charge in [-0.2, -0.15) is 0 Å². The molecule has 3 heteroatoms. The third kappa shape index (κ3) is 1.14. The first-order chi connectivity index (χ1) is 6.77. The molecule has 1 heterocycles. The van der Waals surface area contributed by atoms with Crippen LogP contribution in [0, 0.1) is 11.8 Å². The van der Waals surface area contributed by atoms with E-state index in [2.05, 4.69) is 11.0 Å². The highest BCUT2D eigenvalue weighted by molar-refractivity contribution is 6.33. The van der Waals surface area contributed by atoms with Gasteiger partial charge in [0.1, 0.15) is 0 Å². The standard InChI is InChI=1S/C11H13ClN2/c12-9-3-1-2-4-10(9)14-5-7-8(6-14)11(7)13/h1-4,7-8,11H,5-6,13H2. The molecule has 0 amide bonds. The van der Waals surface area contributed by atoms with Crippen LogP contribution in [0.5, 0.6) is 0 Å². The maximum atomic E-state index is 6.13. The second-order valence-corrected chi connectivity index (χ2v) is 4.67. The summed E-state index contributed by atoms with van der Waals surface area (Å²) in [6.45, 7) is 2.16. The molecule has 1 aliphatic heterocycles. The molecule has 0 radical (unpaired) electrons. The molecular weight excluding hydrogens is 196 g/mol. The average molecular weight is 209 g/mol. The van der Waals surface area contributed by atoms with E-state index in [0.717, 1.165) is 23.8 Å². The summed E-state index contributed by atoms with van der Waals surface area (Å²) in [5.74, 6) is 1.43. The SMILES string of the molecule is NC1C2CN(c3ccccc3Cl)CC12. The van der Waals surface area contributed by atoms with Crippen LogP contribution >= 0.6 is 11.6 Å². The fourth-order valence-electron chi connectivity index (χ4n) is 2.48. The molecule has 0 aromatic heterocycles. The van der Waals surface area contributed by atoms with Crippen molar-refractivity contribution in [2.24, 2.45) is 17.6 Å². The Labute approximate surface area is 88.6 Å². The second-order valence-electron chi connectivity index (χ2n) is 4.26. The van der Waals surface area contributed by atoms with E-state index >= 15 is 0 Å². The van der Waals surface area contributed by atoms with Crippen LogP contribution in [-0.2, 0) is 0 Å². The van der Waals surface area contributed by atoms with Crippen LogP contribution in [0.25, 0.3) is 0 Å². The first-order valence-corrected chi connectivity index (χ1v) is 5.40. The summed E-state index contributed by atoms with van der Waals surface area (Å²) in [4.78, 5) is 2.35. The van der Waals surface area contributed by atoms with Gasteiger partial charge in [0, 0.05) is 19.1 Å². The summed E-state index contributed by atoms with van der Waals surface area (Å²) in [6.07, 6.45) is 0. The summed E-state index contributed by atoms with van der Waals surface area (Å²) >= 11 is 6.13. The highest BCUT2D eigenvalue weighted by atomic mass is 35.5. The summed E-state index contributed by atoms with van der Waals surface area (Å²) in [5, 5.41) is 0.849. The van der Waals surface area contributed by atoms with Crippen molar-refractivity contribution in [3.8, 4) is 0 Å². The van der Waals surface area contributed by atoms with E-state index < -0.39 is 0 Å². The van der Waals surface area contributed by atoms with Crippen molar-refractivity contribution in [2.45, 2.75) is 6.04 Å². The van der Waals surface area contributed by atoms with Gasteiger partial charge in [-0.3, -0.25) is 0 Å². The number of benzene rings is 1. The fraction of sp³-hybridized carbons (Fsp3) is 0.455. The average Bonchev–Trinajstić information content (AvgIpc) is 2.66. The van der Waals surface area contributed by atoms with Gasteiger partial charge in [0.05, 0.1) is 10.7 Å². The summed E-state index contributed by atoms with van der Waals surface area (Å²) in [6, 6.07) is 8.48. The second kappa shape index (κ2) is 2.88. The molecule has 1 saturated carbocycles. The number of rotatable bonds is 1. The van der Waals surface area contributed by atoms with Crippen LogP contribution in [0.4, 0.5) is 5.69 Å². The van der Waals surface area contributed by atoms with E-state index in [1.165, 1.54) is 0 Å². The zero-order valence-electron chi connectivity index (χ0n) is 7.86. The summed E-state index contributed by atoms with van der Waals surface area (Å²) in [5.41, 5.74) is 7.05. The normalized spacial score (nSPS) is 34.4. The van der Waals surface area contributed by atoms with E-state index in [-0.39, 0.29) is 0 Å². The van der Waals surface area contributed by atoms with Gasteiger partial charge in [0.2, 0.25) is 0 Å². The monoisotopic (exact) mass is 208 g/mol. The fourth-order valence-corrected chi connectivity index (χ4v) is 2.73. The van der Waals surface area contributed by atoms with Crippen LogP contribution in [0.3, 0.4) is 0 Å². The lowest BCUT2D eigenvalue weighted by molar-refractivity contribution is 0.743. The van der Waals surface area contributed by atoms with Crippen molar-refractivity contribution in [3.05, 3.63) is 29.3 Å². The Balaban J connectivity index is 1.82. The van der Waals surface area contributed by atoms with Crippen molar-refractivity contribution in [1.29, 1.82) is 0 Å². The molecule has 3 rings (SSSR count). The molecule has 1 aliphatic carbocycles. The predicted molar refractivity (Wildman–Crippen MR) is 58.6 cm³/mol. The van der Waals surface area contributed by atoms with Gasteiger partial charge in [-0.1, -0.05) is 23.7 Å². The molecule has 1 saturated heterocycles. The molecule has 14 heavy (non-hydrogen) atoms. The van der Waals surface area contributed by atoms with Crippen LogP contribution in [0.15, 0.2) is 24.3 Å². The molecule has 1 aromatic rings. The largest absolute Gasteiger partial charge is 0.370 e. The Hall–Kier alpha value is -0.730. The summed E-state index contributed by atoms with van der Waals surface area (Å²) in [7, 11) is 0. The molecule has 0 bridgehead atoms. The highest BCUT2D eigenvalue weighted by Gasteiger charge is 2.53. The van der Waals surface area contributed by atoms with E-state index in [1.807, 2.05) is 18.2 Å². The number of halogens is 1. The van der Waals surface area contributed by atoms with Gasteiger partial charge in [-0.25, -0.2) is 0 Å². The number of nitrogens with two attached hydrogens (primary N) is 1. The third-order valence-corrected chi connectivity index (χ3v) is 3.77. The highest BCUT2D eigenvalue weighted by Crippen LogP contribution is 2.46. The summed E-state index contributed by atoms with van der Waals surface area (Å²) < 4.78 is 0. The molecule has 2 N–H and O–H groups in total. The van der Waals surface area contributed by atoms with Crippen LogP contribution in [-0.4, -0.2) is 19.1 Å². The van der Waals surface area contributed by atoms with Crippen LogP contribution in [0.2, 0.25) is 5.02 Å². The Morgan fingerprint density at radius 2 is 1.86 bits per heavy atom. The van der Waals surface area contributed by atoms with Crippen molar-refractivity contribution in [2.75, 3.05) is 18.0 Å². The van der Waals surface area contributed by atoms with Crippen molar-refractivity contribution in [1.82, 2.24) is 0 Å².